The van der Waals surface area contributed by atoms with E-state index in [1.54, 1.807) is 25.1 Å². The van der Waals surface area contributed by atoms with E-state index in [0.717, 1.165) is 6.42 Å². The zero-order valence-electron chi connectivity index (χ0n) is 9.66. The number of ether oxygens (including phenoxy) is 1. The quantitative estimate of drug-likeness (QED) is 0.457. The van der Waals surface area contributed by atoms with Gasteiger partial charge in [-0.3, -0.25) is 10.3 Å². The van der Waals surface area contributed by atoms with Crippen LogP contribution >= 0.6 is 0 Å². The van der Waals surface area contributed by atoms with Crippen molar-refractivity contribution in [3.8, 4) is 0 Å². The minimum Gasteiger partial charge on any atom is -0.462 e. The summed E-state index contributed by atoms with van der Waals surface area (Å²) in [5.41, 5.74) is 3.87. The van der Waals surface area contributed by atoms with Crippen LogP contribution in [0.5, 0.6) is 0 Å². The summed E-state index contributed by atoms with van der Waals surface area (Å²) in [5, 5.41) is 0. The second kappa shape index (κ2) is 6.85. The van der Waals surface area contributed by atoms with Crippen molar-refractivity contribution in [2.24, 2.45) is 0 Å². The summed E-state index contributed by atoms with van der Waals surface area (Å²) in [4.78, 5) is 16.8. The fourth-order valence-electron chi connectivity index (χ4n) is 1.19. The fraction of sp³-hybridized carbons (Fsp3) is 0.417. The van der Waals surface area contributed by atoms with E-state index in [2.05, 4.69) is 5.48 Å². The highest BCUT2D eigenvalue weighted by Crippen LogP contribution is 2.16. The second-order valence-corrected chi connectivity index (χ2v) is 3.22. The molecule has 0 spiro atoms. The molecule has 1 rings (SSSR count). The maximum Gasteiger partial charge on any atom is 0.340 e. The number of carbonyl (C=O) groups is 1. The zero-order valence-corrected chi connectivity index (χ0v) is 9.66. The molecule has 4 heteroatoms. The molecule has 0 aromatic heterocycles. The summed E-state index contributed by atoms with van der Waals surface area (Å²) in [6.45, 7) is 4.75. The molecular weight excluding hydrogens is 206 g/mol. The minimum atomic E-state index is -0.342. The van der Waals surface area contributed by atoms with E-state index in [1.165, 1.54) is 0 Å². The Hall–Kier alpha value is -1.55. The van der Waals surface area contributed by atoms with E-state index in [1.807, 2.05) is 13.0 Å². The number of nitrogens with one attached hydrogen (secondary N) is 1. The second-order valence-electron chi connectivity index (χ2n) is 3.22. The van der Waals surface area contributed by atoms with Crippen LogP contribution in [-0.2, 0) is 9.57 Å². The molecule has 0 atom stereocenters. The molecule has 1 aromatic rings. The van der Waals surface area contributed by atoms with Gasteiger partial charge >= 0.3 is 5.97 Å². The van der Waals surface area contributed by atoms with Crippen LogP contribution in [0.2, 0.25) is 0 Å². The van der Waals surface area contributed by atoms with Gasteiger partial charge in [-0.05, 0) is 25.5 Å². The van der Waals surface area contributed by atoms with Crippen LogP contribution in [-0.4, -0.2) is 19.2 Å². The number of hydrogen-bond donors (Lipinski definition) is 1. The van der Waals surface area contributed by atoms with Crippen LogP contribution in [0.25, 0.3) is 0 Å². The summed E-state index contributed by atoms with van der Waals surface area (Å²) in [7, 11) is 0. The summed E-state index contributed by atoms with van der Waals surface area (Å²) in [6, 6.07) is 7.11. The van der Waals surface area contributed by atoms with Crippen molar-refractivity contribution in [1.82, 2.24) is 0 Å². The molecular formula is C12H17NO3. The molecule has 0 radical (unpaired) electrons. The van der Waals surface area contributed by atoms with Gasteiger partial charge in [0.05, 0.1) is 24.5 Å². The monoisotopic (exact) mass is 223 g/mol. The van der Waals surface area contributed by atoms with Crippen molar-refractivity contribution in [2.45, 2.75) is 20.3 Å². The summed E-state index contributed by atoms with van der Waals surface area (Å²) in [6.07, 6.45) is 0.911. The van der Waals surface area contributed by atoms with Crippen molar-refractivity contribution in [3.63, 3.8) is 0 Å². The predicted octanol–water partition coefficient (Wildman–Crippen LogP) is 2.62. The third kappa shape index (κ3) is 3.55. The van der Waals surface area contributed by atoms with Crippen molar-refractivity contribution in [1.29, 1.82) is 0 Å². The first-order chi connectivity index (χ1) is 7.79. The van der Waals surface area contributed by atoms with E-state index >= 15 is 0 Å². The maximum atomic E-state index is 11.6. The van der Waals surface area contributed by atoms with Gasteiger partial charge in [0.2, 0.25) is 0 Å². The highest BCUT2D eigenvalue weighted by Gasteiger charge is 2.11. The van der Waals surface area contributed by atoms with E-state index in [-0.39, 0.29) is 5.97 Å². The summed E-state index contributed by atoms with van der Waals surface area (Å²) >= 11 is 0. The Morgan fingerprint density at radius 2 is 2.06 bits per heavy atom. The van der Waals surface area contributed by atoms with Gasteiger partial charge in [-0.2, -0.15) is 0 Å². The van der Waals surface area contributed by atoms with Gasteiger partial charge in [-0.15, -0.1) is 0 Å². The normalized spacial score (nSPS) is 9.88. The molecule has 0 saturated heterocycles. The van der Waals surface area contributed by atoms with Gasteiger partial charge in [0.15, 0.2) is 0 Å². The maximum absolute atomic E-state index is 11.6. The standard InChI is InChI=1S/C12H17NO3/c1-3-9-16-13-11-8-6-5-7-10(11)12(14)15-4-2/h5-8,13H,3-4,9H2,1-2H3. The smallest absolute Gasteiger partial charge is 0.340 e. The first-order valence-electron chi connectivity index (χ1n) is 5.43. The van der Waals surface area contributed by atoms with E-state index < -0.39 is 0 Å². The highest BCUT2D eigenvalue weighted by molar-refractivity contribution is 5.95. The Morgan fingerprint density at radius 1 is 1.31 bits per heavy atom. The third-order valence-corrected chi connectivity index (χ3v) is 1.91. The molecule has 1 N–H and O–H groups in total. The Morgan fingerprint density at radius 3 is 2.75 bits per heavy atom. The predicted molar refractivity (Wildman–Crippen MR) is 62.3 cm³/mol. The molecule has 0 unspecified atom stereocenters. The van der Waals surface area contributed by atoms with Gasteiger partial charge in [-0.25, -0.2) is 4.79 Å². The minimum absolute atomic E-state index is 0.342. The number of anilines is 1. The third-order valence-electron chi connectivity index (χ3n) is 1.91. The number of para-hydroxylation sites is 1. The van der Waals surface area contributed by atoms with Crippen molar-refractivity contribution in [2.75, 3.05) is 18.7 Å². The van der Waals surface area contributed by atoms with Crippen LogP contribution in [0.15, 0.2) is 24.3 Å². The molecule has 88 valence electrons. The van der Waals surface area contributed by atoms with Crippen molar-refractivity contribution in [3.05, 3.63) is 29.8 Å². The Kier molecular flexibility index (Phi) is 5.36. The molecule has 0 heterocycles. The first-order valence-corrected chi connectivity index (χ1v) is 5.43. The van der Waals surface area contributed by atoms with E-state index in [9.17, 15) is 4.79 Å². The van der Waals surface area contributed by atoms with Gasteiger partial charge < -0.3 is 4.74 Å². The number of esters is 1. The number of hydrogen-bond acceptors (Lipinski definition) is 4. The lowest BCUT2D eigenvalue weighted by atomic mass is 10.2. The molecule has 0 aliphatic rings. The Balaban J connectivity index is 2.71. The molecule has 0 aliphatic carbocycles. The molecule has 0 amide bonds. The first kappa shape index (κ1) is 12.5. The molecule has 0 aliphatic heterocycles. The van der Waals surface area contributed by atoms with Gasteiger partial charge in [0.25, 0.3) is 0 Å². The number of benzene rings is 1. The van der Waals surface area contributed by atoms with Crippen LogP contribution in [0.4, 0.5) is 5.69 Å². The molecule has 0 saturated carbocycles. The molecule has 16 heavy (non-hydrogen) atoms. The van der Waals surface area contributed by atoms with Crippen LogP contribution in [0.3, 0.4) is 0 Å². The Bertz CT molecular complexity index is 339. The van der Waals surface area contributed by atoms with Crippen molar-refractivity contribution >= 4 is 11.7 Å². The lowest BCUT2D eigenvalue weighted by molar-refractivity contribution is 0.0526. The van der Waals surface area contributed by atoms with E-state index in [4.69, 9.17) is 9.57 Å². The lowest BCUT2D eigenvalue weighted by Crippen LogP contribution is -2.10. The lowest BCUT2D eigenvalue weighted by Gasteiger charge is -2.10. The summed E-state index contributed by atoms with van der Waals surface area (Å²) < 4.78 is 4.94. The van der Waals surface area contributed by atoms with Crippen LogP contribution < -0.4 is 5.48 Å². The molecule has 0 fully saturated rings. The SMILES string of the molecule is CCCONc1ccccc1C(=O)OCC. The Labute approximate surface area is 95.5 Å². The zero-order chi connectivity index (χ0) is 11.8. The average molecular weight is 223 g/mol. The van der Waals surface area contributed by atoms with E-state index in [0.29, 0.717) is 24.5 Å². The fourth-order valence-corrected chi connectivity index (χ4v) is 1.19. The highest BCUT2D eigenvalue weighted by atomic mass is 16.6. The summed E-state index contributed by atoms with van der Waals surface area (Å²) in [5.74, 6) is -0.342. The molecule has 0 bridgehead atoms. The van der Waals surface area contributed by atoms with Gasteiger partial charge in [0.1, 0.15) is 0 Å². The van der Waals surface area contributed by atoms with Crippen molar-refractivity contribution < 1.29 is 14.4 Å². The van der Waals surface area contributed by atoms with Crippen LogP contribution in [0, 0.1) is 0 Å². The largest absolute Gasteiger partial charge is 0.462 e. The molecule has 1 aromatic carbocycles. The number of carbonyl (C=O) groups excluding carboxylic acids is 1. The topological polar surface area (TPSA) is 47.6 Å². The van der Waals surface area contributed by atoms with Gasteiger partial charge in [0, 0.05) is 0 Å². The average Bonchev–Trinajstić information content (AvgIpc) is 2.30. The van der Waals surface area contributed by atoms with Gasteiger partial charge in [-0.1, -0.05) is 19.1 Å². The number of rotatable bonds is 6. The molecule has 4 nitrogen and oxygen atoms in total. The van der Waals surface area contributed by atoms with Crippen LogP contribution in [0.1, 0.15) is 30.6 Å².